The zero-order chi connectivity index (χ0) is 15.9. The first-order valence-corrected chi connectivity index (χ1v) is 8.41. The quantitative estimate of drug-likeness (QED) is 0.874. The summed E-state index contributed by atoms with van der Waals surface area (Å²) in [7, 11) is 0. The lowest BCUT2D eigenvalue weighted by atomic mass is 10.0. The fourth-order valence-corrected chi connectivity index (χ4v) is 2.83. The molecule has 22 heavy (non-hydrogen) atoms. The van der Waals surface area contributed by atoms with Crippen molar-refractivity contribution in [3.63, 3.8) is 0 Å². The Morgan fingerprint density at radius 2 is 2.00 bits per heavy atom. The van der Waals surface area contributed by atoms with Crippen LogP contribution in [0.1, 0.15) is 33.1 Å². The third-order valence-electron chi connectivity index (χ3n) is 3.97. The molecule has 1 saturated heterocycles. The molecular formula is C17H25ClN2O2. The van der Waals surface area contributed by atoms with Crippen LogP contribution in [0.25, 0.3) is 0 Å². The largest absolute Gasteiger partial charge is 0.481 e. The van der Waals surface area contributed by atoms with Crippen molar-refractivity contribution >= 4 is 17.5 Å². The van der Waals surface area contributed by atoms with Crippen molar-refractivity contribution in [1.29, 1.82) is 0 Å². The second-order valence-corrected chi connectivity index (χ2v) is 6.27. The number of carbonyl (C=O) groups is 1. The van der Waals surface area contributed by atoms with Crippen molar-refractivity contribution in [1.82, 2.24) is 10.2 Å². The van der Waals surface area contributed by atoms with Gasteiger partial charge in [-0.25, -0.2) is 0 Å². The van der Waals surface area contributed by atoms with Crippen LogP contribution in [-0.4, -0.2) is 42.6 Å². The third-order valence-corrected chi connectivity index (χ3v) is 4.22. The van der Waals surface area contributed by atoms with E-state index in [1.807, 2.05) is 0 Å². The molecule has 5 heteroatoms. The van der Waals surface area contributed by atoms with E-state index >= 15 is 0 Å². The lowest BCUT2D eigenvalue weighted by Gasteiger charge is -2.32. The van der Waals surface area contributed by atoms with Crippen LogP contribution < -0.4 is 10.1 Å². The zero-order valence-corrected chi connectivity index (χ0v) is 14.1. The summed E-state index contributed by atoms with van der Waals surface area (Å²) in [4.78, 5) is 14.7. The Kier molecular flexibility index (Phi) is 6.52. The first kappa shape index (κ1) is 17.1. The standard InChI is InChI=1S/C17H25ClN2O2/c1-3-10-20-11-8-15(9-12-20)19-17(21)13(2)22-16-6-4-14(18)5-7-16/h4-7,13,15H,3,8-12H2,1-2H3,(H,19,21). The predicted molar refractivity (Wildman–Crippen MR) is 89.4 cm³/mol. The topological polar surface area (TPSA) is 41.6 Å². The summed E-state index contributed by atoms with van der Waals surface area (Å²) in [6, 6.07) is 7.32. The van der Waals surface area contributed by atoms with Gasteiger partial charge in [0, 0.05) is 24.2 Å². The molecule has 1 unspecified atom stereocenters. The molecule has 1 aromatic rings. The van der Waals surface area contributed by atoms with Gasteiger partial charge in [0.1, 0.15) is 5.75 Å². The fourth-order valence-electron chi connectivity index (χ4n) is 2.71. The van der Waals surface area contributed by atoms with Crippen LogP contribution in [0, 0.1) is 0 Å². The van der Waals surface area contributed by atoms with Crippen molar-refractivity contribution in [2.24, 2.45) is 0 Å². The smallest absolute Gasteiger partial charge is 0.260 e. The molecule has 0 radical (unpaired) electrons. The van der Waals surface area contributed by atoms with E-state index in [2.05, 4.69) is 17.1 Å². The number of likely N-dealkylation sites (tertiary alicyclic amines) is 1. The molecule has 0 aromatic heterocycles. The minimum absolute atomic E-state index is 0.0520. The van der Waals surface area contributed by atoms with E-state index in [4.69, 9.17) is 16.3 Å². The fraction of sp³-hybridized carbons (Fsp3) is 0.588. The highest BCUT2D eigenvalue weighted by atomic mass is 35.5. The van der Waals surface area contributed by atoms with Crippen molar-refractivity contribution in [3.05, 3.63) is 29.3 Å². The Morgan fingerprint density at radius 1 is 1.36 bits per heavy atom. The number of piperidine rings is 1. The average molecular weight is 325 g/mol. The number of carbonyl (C=O) groups excluding carboxylic acids is 1. The van der Waals surface area contributed by atoms with Crippen LogP contribution in [0.2, 0.25) is 5.02 Å². The maximum absolute atomic E-state index is 12.2. The molecule has 0 aliphatic carbocycles. The molecular weight excluding hydrogens is 300 g/mol. The van der Waals surface area contributed by atoms with E-state index < -0.39 is 6.10 Å². The van der Waals surface area contributed by atoms with Crippen LogP contribution in [0.3, 0.4) is 0 Å². The van der Waals surface area contributed by atoms with Crippen LogP contribution in [-0.2, 0) is 4.79 Å². The molecule has 1 aliphatic rings. The highest BCUT2D eigenvalue weighted by Crippen LogP contribution is 2.17. The molecule has 1 heterocycles. The molecule has 1 aromatic carbocycles. The molecule has 1 aliphatic heterocycles. The average Bonchev–Trinajstić information content (AvgIpc) is 2.51. The third kappa shape index (κ3) is 5.18. The summed E-state index contributed by atoms with van der Waals surface area (Å²) in [5, 5.41) is 3.75. The number of hydrogen-bond donors (Lipinski definition) is 1. The lowest BCUT2D eigenvalue weighted by Crippen LogP contribution is -2.48. The highest BCUT2D eigenvalue weighted by Gasteiger charge is 2.23. The minimum atomic E-state index is -0.505. The summed E-state index contributed by atoms with van der Waals surface area (Å²) in [5.41, 5.74) is 0. The van der Waals surface area contributed by atoms with E-state index in [1.165, 1.54) is 6.42 Å². The van der Waals surface area contributed by atoms with Gasteiger partial charge in [-0.2, -0.15) is 0 Å². The van der Waals surface area contributed by atoms with Crippen molar-refractivity contribution in [2.75, 3.05) is 19.6 Å². The van der Waals surface area contributed by atoms with Gasteiger partial charge in [-0.15, -0.1) is 0 Å². The van der Waals surface area contributed by atoms with Crippen molar-refractivity contribution in [2.45, 2.75) is 45.3 Å². The molecule has 1 amide bonds. The molecule has 122 valence electrons. The lowest BCUT2D eigenvalue weighted by molar-refractivity contribution is -0.128. The zero-order valence-electron chi connectivity index (χ0n) is 13.3. The summed E-state index contributed by atoms with van der Waals surface area (Å²) in [6.07, 6.45) is 2.71. The molecule has 1 fully saturated rings. The SMILES string of the molecule is CCCN1CCC(NC(=O)C(C)Oc2ccc(Cl)cc2)CC1. The van der Waals surface area contributed by atoms with Gasteiger partial charge in [0.15, 0.2) is 6.10 Å². The first-order chi connectivity index (χ1) is 10.6. The van der Waals surface area contributed by atoms with E-state index in [0.29, 0.717) is 10.8 Å². The van der Waals surface area contributed by atoms with E-state index in [1.54, 1.807) is 31.2 Å². The molecule has 2 rings (SSSR count). The number of benzene rings is 1. The van der Waals surface area contributed by atoms with Gasteiger partial charge in [-0.05, 0) is 57.0 Å². The molecule has 0 bridgehead atoms. The van der Waals surface area contributed by atoms with E-state index in [9.17, 15) is 4.79 Å². The van der Waals surface area contributed by atoms with Gasteiger partial charge in [0.2, 0.25) is 0 Å². The monoisotopic (exact) mass is 324 g/mol. The normalized spacial score (nSPS) is 18.0. The first-order valence-electron chi connectivity index (χ1n) is 8.03. The van der Waals surface area contributed by atoms with Gasteiger partial charge in [0.05, 0.1) is 0 Å². The minimum Gasteiger partial charge on any atom is -0.481 e. The van der Waals surface area contributed by atoms with Gasteiger partial charge < -0.3 is 15.0 Å². The molecule has 1 atom stereocenters. The summed E-state index contributed by atoms with van der Waals surface area (Å²) in [5.74, 6) is 0.605. The number of hydrogen-bond acceptors (Lipinski definition) is 3. The van der Waals surface area contributed by atoms with Gasteiger partial charge >= 0.3 is 0 Å². The van der Waals surface area contributed by atoms with Gasteiger partial charge in [0.25, 0.3) is 5.91 Å². The maximum Gasteiger partial charge on any atom is 0.260 e. The van der Waals surface area contributed by atoms with E-state index in [-0.39, 0.29) is 11.9 Å². The van der Waals surface area contributed by atoms with Gasteiger partial charge in [-0.1, -0.05) is 18.5 Å². The molecule has 4 nitrogen and oxygen atoms in total. The Balaban J connectivity index is 1.76. The van der Waals surface area contributed by atoms with Crippen molar-refractivity contribution < 1.29 is 9.53 Å². The number of nitrogens with one attached hydrogen (secondary N) is 1. The van der Waals surface area contributed by atoms with Gasteiger partial charge in [-0.3, -0.25) is 4.79 Å². The van der Waals surface area contributed by atoms with E-state index in [0.717, 1.165) is 32.5 Å². The summed E-state index contributed by atoms with van der Waals surface area (Å²) >= 11 is 5.83. The summed E-state index contributed by atoms with van der Waals surface area (Å²) < 4.78 is 5.65. The Hall–Kier alpha value is -1.26. The number of halogens is 1. The number of amides is 1. The molecule has 1 N–H and O–H groups in total. The van der Waals surface area contributed by atoms with Crippen LogP contribution in [0.5, 0.6) is 5.75 Å². The Bertz CT molecular complexity index is 470. The highest BCUT2D eigenvalue weighted by molar-refractivity contribution is 6.30. The number of rotatable bonds is 6. The summed E-state index contributed by atoms with van der Waals surface area (Å²) in [6.45, 7) is 7.24. The van der Waals surface area contributed by atoms with Crippen LogP contribution in [0.4, 0.5) is 0 Å². The molecule has 0 spiro atoms. The Morgan fingerprint density at radius 3 is 2.59 bits per heavy atom. The predicted octanol–water partition coefficient (Wildman–Crippen LogP) is 3.10. The maximum atomic E-state index is 12.2. The number of nitrogens with zero attached hydrogens (tertiary/aromatic N) is 1. The second-order valence-electron chi connectivity index (χ2n) is 5.84. The van der Waals surface area contributed by atoms with Crippen LogP contribution in [0.15, 0.2) is 24.3 Å². The number of ether oxygens (including phenoxy) is 1. The Labute approximate surface area is 137 Å². The van der Waals surface area contributed by atoms with Crippen molar-refractivity contribution in [3.8, 4) is 5.75 Å². The van der Waals surface area contributed by atoms with Crippen LogP contribution >= 0.6 is 11.6 Å². The molecule has 0 saturated carbocycles. The second kappa shape index (κ2) is 8.39.